The van der Waals surface area contributed by atoms with Crippen molar-refractivity contribution in [2.24, 2.45) is 11.7 Å². The number of primary amides is 1. The van der Waals surface area contributed by atoms with Gasteiger partial charge in [0.15, 0.2) is 0 Å². The van der Waals surface area contributed by atoms with Crippen molar-refractivity contribution in [1.82, 2.24) is 10.6 Å². The van der Waals surface area contributed by atoms with E-state index in [1.165, 1.54) is 0 Å². The summed E-state index contributed by atoms with van der Waals surface area (Å²) in [5.41, 5.74) is 6.13. The summed E-state index contributed by atoms with van der Waals surface area (Å²) in [6.45, 7) is 4.54. The summed E-state index contributed by atoms with van der Waals surface area (Å²) in [6.07, 6.45) is 1.24. The highest BCUT2D eigenvalue weighted by Gasteiger charge is 2.27. The van der Waals surface area contributed by atoms with Crippen molar-refractivity contribution in [3.05, 3.63) is 29.8 Å². The Morgan fingerprint density at radius 1 is 1.36 bits per heavy atom. The Morgan fingerprint density at radius 2 is 2.09 bits per heavy atom. The lowest BCUT2D eigenvalue weighted by atomic mass is 9.98. The Hall–Kier alpha value is -2.24. The fourth-order valence-electron chi connectivity index (χ4n) is 2.64. The Kier molecular flexibility index (Phi) is 5.25. The molecule has 120 valence electrons. The van der Waals surface area contributed by atoms with E-state index in [0.29, 0.717) is 19.4 Å². The van der Waals surface area contributed by atoms with E-state index < -0.39 is 12.1 Å². The van der Waals surface area contributed by atoms with Gasteiger partial charge in [0.25, 0.3) is 0 Å². The van der Waals surface area contributed by atoms with Gasteiger partial charge in [-0.05, 0) is 18.4 Å². The van der Waals surface area contributed by atoms with Crippen LogP contribution >= 0.6 is 0 Å². The van der Waals surface area contributed by atoms with Crippen LogP contribution in [0.4, 0.5) is 4.79 Å². The zero-order chi connectivity index (χ0) is 16.1. The Bertz CT molecular complexity index is 545. The molecule has 22 heavy (non-hydrogen) atoms. The largest absolute Gasteiger partial charge is 0.493 e. The van der Waals surface area contributed by atoms with Crippen molar-refractivity contribution < 1.29 is 14.3 Å². The first-order chi connectivity index (χ1) is 10.5. The van der Waals surface area contributed by atoms with E-state index in [4.69, 9.17) is 10.5 Å². The van der Waals surface area contributed by atoms with E-state index in [1.807, 2.05) is 38.1 Å². The second kappa shape index (κ2) is 7.15. The second-order valence-electron chi connectivity index (χ2n) is 5.93. The molecule has 1 heterocycles. The highest BCUT2D eigenvalue weighted by Crippen LogP contribution is 2.31. The van der Waals surface area contributed by atoms with Gasteiger partial charge in [0.2, 0.25) is 5.91 Å². The molecule has 6 heteroatoms. The van der Waals surface area contributed by atoms with Gasteiger partial charge in [-0.15, -0.1) is 0 Å². The SMILES string of the molecule is CC(C)C[C@@H](NC(N)=O)C(=O)N[C@H]1CCOc2ccccc21. The van der Waals surface area contributed by atoms with Gasteiger partial charge in [0.1, 0.15) is 11.8 Å². The van der Waals surface area contributed by atoms with Gasteiger partial charge in [0.05, 0.1) is 12.6 Å². The van der Waals surface area contributed by atoms with Gasteiger partial charge in [0, 0.05) is 12.0 Å². The van der Waals surface area contributed by atoms with Gasteiger partial charge in [-0.25, -0.2) is 4.79 Å². The molecule has 4 N–H and O–H groups in total. The maximum Gasteiger partial charge on any atom is 0.312 e. The number of hydrogen-bond acceptors (Lipinski definition) is 3. The quantitative estimate of drug-likeness (QED) is 0.773. The molecular formula is C16H23N3O3. The molecule has 2 rings (SSSR count). The van der Waals surface area contributed by atoms with E-state index >= 15 is 0 Å². The minimum absolute atomic E-state index is 0.109. The molecule has 0 saturated heterocycles. The number of para-hydroxylation sites is 1. The third kappa shape index (κ3) is 4.13. The molecule has 0 unspecified atom stereocenters. The van der Waals surface area contributed by atoms with Crippen molar-refractivity contribution >= 4 is 11.9 Å². The van der Waals surface area contributed by atoms with E-state index in [0.717, 1.165) is 11.3 Å². The third-order valence-electron chi connectivity index (χ3n) is 3.62. The number of fused-ring (bicyclic) bond motifs is 1. The smallest absolute Gasteiger partial charge is 0.312 e. The van der Waals surface area contributed by atoms with Gasteiger partial charge >= 0.3 is 6.03 Å². The summed E-state index contributed by atoms with van der Waals surface area (Å²) < 4.78 is 5.58. The Morgan fingerprint density at radius 3 is 2.77 bits per heavy atom. The minimum Gasteiger partial charge on any atom is -0.493 e. The molecule has 0 aliphatic carbocycles. The van der Waals surface area contributed by atoms with Crippen molar-refractivity contribution in [1.29, 1.82) is 0 Å². The number of rotatable bonds is 5. The van der Waals surface area contributed by atoms with Gasteiger partial charge < -0.3 is 21.1 Å². The van der Waals surface area contributed by atoms with Crippen LogP contribution < -0.4 is 21.1 Å². The number of carbonyl (C=O) groups excluding carboxylic acids is 2. The van der Waals surface area contributed by atoms with Crippen LogP contribution in [0.1, 0.15) is 38.3 Å². The van der Waals surface area contributed by atoms with Gasteiger partial charge in [-0.1, -0.05) is 32.0 Å². The van der Waals surface area contributed by atoms with Crippen molar-refractivity contribution in [2.45, 2.75) is 38.8 Å². The van der Waals surface area contributed by atoms with E-state index in [1.54, 1.807) is 0 Å². The predicted molar refractivity (Wildman–Crippen MR) is 83.4 cm³/mol. The maximum absolute atomic E-state index is 12.5. The minimum atomic E-state index is -0.687. The molecule has 6 nitrogen and oxygen atoms in total. The molecule has 0 fully saturated rings. The van der Waals surface area contributed by atoms with Gasteiger partial charge in [-0.3, -0.25) is 4.79 Å². The lowest BCUT2D eigenvalue weighted by Crippen LogP contribution is -2.50. The first-order valence-electron chi connectivity index (χ1n) is 7.55. The summed E-state index contributed by atoms with van der Waals surface area (Å²) in [5.74, 6) is 0.848. The van der Waals surface area contributed by atoms with Crippen LogP contribution in [0.5, 0.6) is 5.75 Å². The van der Waals surface area contributed by atoms with Crippen LogP contribution in [0.3, 0.4) is 0 Å². The van der Waals surface area contributed by atoms with Crippen molar-refractivity contribution in [3.8, 4) is 5.75 Å². The topological polar surface area (TPSA) is 93.5 Å². The summed E-state index contributed by atoms with van der Waals surface area (Å²) in [4.78, 5) is 23.6. The zero-order valence-electron chi connectivity index (χ0n) is 13.0. The number of benzene rings is 1. The molecule has 1 aromatic carbocycles. The summed E-state index contributed by atoms with van der Waals surface area (Å²) in [7, 11) is 0. The Balaban J connectivity index is 2.08. The molecule has 2 atom stereocenters. The summed E-state index contributed by atoms with van der Waals surface area (Å²) >= 11 is 0. The number of nitrogens with one attached hydrogen (secondary N) is 2. The maximum atomic E-state index is 12.5. The average Bonchev–Trinajstić information content (AvgIpc) is 2.46. The zero-order valence-corrected chi connectivity index (χ0v) is 13.0. The standard InChI is InChI=1S/C16H23N3O3/c1-10(2)9-13(19-16(17)21)15(20)18-12-7-8-22-14-6-4-3-5-11(12)14/h3-6,10,12-13H,7-9H2,1-2H3,(H,18,20)(H3,17,19,21)/t12-,13+/m0/s1. The van der Waals surface area contributed by atoms with Crippen LogP contribution in [0.15, 0.2) is 24.3 Å². The van der Waals surface area contributed by atoms with E-state index in [9.17, 15) is 9.59 Å². The first kappa shape index (κ1) is 16.1. The number of hydrogen-bond donors (Lipinski definition) is 3. The number of ether oxygens (including phenoxy) is 1. The number of urea groups is 1. The van der Waals surface area contributed by atoms with Crippen molar-refractivity contribution in [3.63, 3.8) is 0 Å². The van der Waals surface area contributed by atoms with Crippen LogP contribution in [0, 0.1) is 5.92 Å². The molecule has 0 saturated carbocycles. The highest BCUT2D eigenvalue weighted by atomic mass is 16.5. The van der Waals surface area contributed by atoms with Crippen molar-refractivity contribution in [2.75, 3.05) is 6.61 Å². The summed E-state index contributed by atoms with van der Waals surface area (Å²) in [5, 5.41) is 5.52. The van der Waals surface area contributed by atoms with E-state index in [2.05, 4.69) is 10.6 Å². The number of carbonyl (C=O) groups is 2. The molecule has 1 aliphatic heterocycles. The first-order valence-corrected chi connectivity index (χ1v) is 7.55. The summed E-state index contributed by atoms with van der Waals surface area (Å²) in [6, 6.07) is 6.24. The third-order valence-corrected chi connectivity index (χ3v) is 3.62. The lowest BCUT2D eigenvalue weighted by Gasteiger charge is -2.28. The van der Waals surface area contributed by atoms with Crippen LogP contribution in [0.25, 0.3) is 0 Å². The molecule has 0 radical (unpaired) electrons. The average molecular weight is 305 g/mol. The van der Waals surface area contributed by atoms with Crippen LogP contribution in [-0.2, 0) is 4.79 Å². The second-order valence-corrected chi connectivity index (χ2v) is 5.93. The highest BCUT2D eigenvalue weighted by molar-refractivity contribution is 5.86. The molecular weight excluding hydrogens is 282 g/mol. The molecule has 3 amide bonds. The predicted octanol–water partition coefficient (Wildman–Crippen LogP) is 1.71. The Labute approximate surface area is 130 Å². The molecule has 1 aliphatic rings. The molecule has 0 aromatic heterocycles. The monoisotopic (exact) mass is 305 g/mol. The van der Waals surface area contributed by atoms with E-state index in [-0.39, 0.29) is 17.9 Å². The number of nitrogens with two attached hydrogens (primary N) is 1. The van der Waals surface area contributed by atoms with Gasteiger partial charge in [-0.2, -0.15) is 0 Å². The normalized spacial score (nSPS) is 18.0. The van der Waals surface area contributed by atoms with Crippen LogP contribution in [-0.4, -0.2) is 24.6 Å². The molecule has 0 spiro atoms. The lowest BCUT2D eigenvalue weighted by molar-refractivity contribution is -0.124. The van der Waals surface area contributed by atoms with Crippen LogP contribution in [0.2, 0.25) is 0 Å². The fraction of sp³-hybridized carbons (Fsp3) is 0.500. The fourth-order valence-corrected chi connectivity index (χ4v) is 2.64. The number of amides is 3. The molecule has 0 bridgehead atoms. The molecule has 1 aromatic rings.